The van der Waals surface area contributed by atoms with Crippen LogP contribution in [0.2, 0.25) is 0 Å². The summed E-state index contributed by atoms with van der Waals surface area (Å²) in [5, 5.41) is 0. The van der Waals surface area contributed by atoms with Gasteiger partial charge in [-0.15, -0.1) is 0 Å². The molecule has 2 aliphatic carbocycles. The first-order valence-corrected chi connectivity index (χ1v) is 9.12. The van der Waals surface area contributed by atoms with Gasteiger partial charge in [0.15, 0.2) is 11.6 Å². The van der Waals surface area contributed by atoms with Gasteiger partial charge in [-0.3, -0.25) is 9.59 Å². The van der Waals surface area contributed by atoms with Gasteiger partial charge in [0, 0.05) is 35.1 Å². The summed E-state index contributed by atoms with van der Waals surface area (Å²) in [5.74, 6) is 1.46. The molecule has 0 heterocycles. The zero-order valence-electron chi connectivity index (χ0n) is 15.2. The average molecular weight is 350 g/mol. The number of Topliss-reactive ketones (excluding diaryl/α,β-unsaturated/α-hetero) is 2. The maximum absolute atomic E-state index is 12.8. The Morgan fingerprint density at radius 3 is 1.42 bits per heavy atom. The van der Waals surface area contributed by atoms with E-state index in [0.29, 0.717) is 35.5 Å². The van der Waals surface area contributed by atoms with Crippen LogP contribution in [-0.2, 0) is 12.8 Å². The van der Waals surface area contributed by atoms with E-state index in [4.69, 9.17) is 9.47 Å². The van der Waals surface area contributed by atoms with E-state index in [9.17, 15) is 9.59 Å². The lowest BCUT2D eigenvalue weighted by molar-refractivity contribution is 0.0962. The van der Waals surface area contributed by atoms with Crippen molar-refractivity contribution in [3.05, 3.63) is 46.5 Å². The zero-order valence-corrected chi connectivity index (χ0v) is 15.2. The Labute approximate surface area is 153 Å². The van der Waals surface area contributed by atoms with Crippen LogP contribution in [0, 0.1) is 0 Å². The number of ether oxygens (including phenoxy) is 2. The molecule has 4 nitrogen and oxygen atoms in total. The number of methoxy groups -OCH3 is 2. The Morgan fingerprint density at radius 2 is 1.04 bits per heavy atom. The van der Waals surface area contributed by atoms with Gasteiger partial charge in [0.2, 0.25) is 0 Å². The third kappa shape index (κ3) is 2.52. The predicted molar refractivity (Wildman–Crippen MR) is 99.5 cm³/mol. The number of fused-ring (bicyclic) bond motifs is 2. The first kappa shape index (κ1) is 16.8. The van der Waals surface area contributed by atoms with Gasteiger partial charge < -0.3 is 9.47 Å². The maximum Gasteiger partial charge on any atom is 0.163 e. The largest absolute Gasteiger partial charge is 0.496 e. The van der Waals surface area contributed by atoms with E-state index >= 15 is 0 Å². The van der Waals surface area contributed by atoms with Gasteiger partial charge in [-0.1, -0.05) is 12.1 Å². The minimum absolute atomic E-state index is 0.114. The number of carbonyl (C=O) groups is 2. The molecule has 0 atom stereocenters. The SMILES string of the molecule is COc1ccc2c(c1-c1c(OC)ccc3c1C(=O)CCC3)C(=O)CCC2. The minimum Gasteiger partial charge on any atom is -0.496 e. The van der Waals surface area contributed by atoms with Gasteiger partial charge in [-0.2, -0.15) is 0 Å². The van der Waals surface area contributed by atoms with E-state index < -0.39 is 0 Å². The van der Waals surface area contributed by atoms with Gasteiger partial charge >= 0.3 is 0 Å². The topological polar surface area (TPSA) is 52.6 Å². The van der Waals surface area contributed by atoms with Crippen LogP contribution >= 0.6 is 0 Å². The van der Waals surface area contributed by atoms with E-state index in [1.807, 2.05) is 24.3 Å². The molecule has 2 aromatic carbocycles. The van der Waals surface area contributed by atoms with Crippen molar-refractivity contribution in [1.29, 1.82) is 0 Å². The lowest BCUT2D eigenvalue weighted by Crippen LogP contribution is -2.17. The average Bonchev–Trinajstić information content (AvgIpc) is 2.67. The van der Waals surface area contributed by atoms with Gasteiger partial charge in [0.05, 0.1) is 14.2 Å². The van der Waals surface area contributed by atoms with Crippen LogP contribution in [0.5, 0.6) is 11.5 Å². The molecule has 0 bridgehead atoms. The third-order valence-corrected chi connectivity index (χ3v) is 5.45. The molecule has 0 N–H and O–H groups in total. The van der Waals surface area contributed by atoms with Crippen LogP contribution in [0.15, 0.2) is 24.3 Å². The van der Waals surface area contributed by atoms with E-state index in [-0.39, 0.29) is 11.6 Å². The van der Waals surface area contributed by atoms with Crippen molar-refractivity contribution in [2.24, 2.45) is 0 Å². The normalized spacial score (nSPS) is 16.1. The minimum atomic E-state index is 0.114. The molecule has 4 heteroatoms. The number of rotatable bonds is 3. The van der Waals surface area contributed by atoms with Crippen LogP contribution in [-0.4, -0.2) is 25.8 Å². The molecule has 4 rings (SSSR count). The van der Waals surface area contributed by atoms with Gasteiger partial charge in [-0.25, -0.2) is 0 Å². The second-order valence-electron chi connectivity index (χ2n) is 6.91. The lowest BCUT2D eigenvalue weighted by Gasteiger charge is -2.26. The molecule has 2 aromatic rings. The Hall–Kier alpha value is -2.62. The molecule has 134 valence electrons. The number of carbonyl (C=O) groups excluding carboxylic acids is 2. The molecule has 0 spiro atoms. The second kappa shape index (κ2) is 6.60. The Kier molecular flexibility index (Phi) is 4.27. The quantitative estimate of drug-likeness (QED) is 0.823. The van der Waals surface area contributed by atoms with E-state index in [0.717, 1.165) is 47.9 Å². The van der Waals surface area contributed by atoms with E-state index in [1.165, 1.54) is 0 Å². The molecule has 26 heavy (non-hydrogen) atoms. The molecular formula is C22H22O4. The highest BCUT2D eigenvalue weighted by Crippen LogP contribution is 2.46. The van der Waals surface area contributed by atoms with Crippen molar-refractivity contribution in [1.82, 2.24) is 0 Å². The summed E-state index contributed by atoms with van der Waals surface area (Å²) in [6.07, 6.45) is 4.50. The molecule has 0 amide bonds. The van der Waals surface area contributed by atoms with Crippen molar-refractivity contribution in [2.75, 3.05) is 14.2 Å². The first-order chi connectivity index (χ1) is 12.7. The van der Waals surface area contributed by atoms with Crippen LogP contribution in [0.3, 0.4) is 0 Å². The van der Waals surface area contributed by atoms with Crippen molar-refractivity contribution < 1.29 is 19.1 Å². The van der Waals surface area contributed by atoms with Crippen LogP contribution in [0.25, 0.3) is 11.1 Å². The maximum atomic E-state index is 12.8. The molecule has 0 fully saturated rings. The molecule has 0 saturated heterocycles. The summed E-state index contributed by atoms with van der Waals surface area (Å²) in [7, 11) is 3.20. The Morgan fingerprint density at radius 1 is 0.615 bits per heavy atom. The number of aryl methyl sites for hydroxylation is 2. The van der Waals surface area contributed by atoms with Gasteiger partial charge in [0.1, 0.15) is 11.5 Å². The summed E-state index contributed by atoms with van der Waals surface area (Å²) < 4.78 is 11.2. The summed E-state index contributed by atoms with van der Waals surface area (Å²) in [4.78, 5) is 25.6. The standard InChI is InChI=1S/C22H22O4/c1-25-17-11-9-13-5-3-7-15(23)19(13)21(17)22-18(26-2)12-10-14-6-4-8-16(24)20(14)22/h9-12H,3-8H2,1-2H3. The number of benzene rings is 2. The van der Waals surface area contributed by atoms with Crippen molar-refractivity contribution in [2.45, 2.75) is 38.5 Å². The van der Waals surface area contributed by atoms with Crippen molar-refractivity contribution in [3.8, 4) is 22.6 Å². The fourth-order valence-electron chi connectivity index (χ4n) is 4.27. The number of hydrogen-bond donors (Lipinski definition) is 0. The van der Waals surface area contributed by atoms with E-state index in [1.54, 1.807) is 14.2 Å². The number of hydrogen-bond acceptors (Lipinski definition) is 4. The fourth-order valence-corrected chi connectivity index (χ4v) is 4.27. The van der Waals surface area contributed by atoms with Crippen LogP contribution < -0.4 is 9.47 Å². The molecular weight excluding hydrogens is 328 g/mol. The second-order valence-corrected chi connectivity index (χ2v) is 6.91. The summed E-state index contributed by atoms with van der Waals surface area (Å²) in [5.41, 5.74) is 4.89. The zero-order chi connectivity index (χ0) is 18.3. The van der Waals surface area contributed by atoms with Crippen LogP contribution in [0.1, 0.15) is 57.5 Å². The molecule has 0 unspecified atom stereocenters. The fraction of sp³-hybridized carbons (Fsp3) is 0.364. The molecule has 0 saturated carbocycles. The highest BCUT2D eigenvalue weighted by molar-refractivity contribution is 6.12. The van der Waals surface area contributed by atoms with Crippen molar-refractivity contribution in [3.63, 3.8) is 0 Å². The Balaban J connectivity index is 2.11. The molecule has 0 aliphatic heterocycles. The molecule has 2 aliphatic rings. The van der Waals surface area contributed by atoms with Crippen molar-refractivity contribution >= 4 is 11.6 Å². The first-order valence-electron chi connectivity index (χ1n) is 9.12. The summed E-state index contributed by atoms with van der Waals surface area (Å²) in [6, 6.07) is 7.74. The Bertz CT molecular complexity index is 835. The predicted octanol–water partition coefficient (Wildman–Crippen LogP) is 4.41. The van der Waals surface area contributed by atoms with Crippen LogP contribution in [0.4, 0.5) is 0 Å². The highest BCUT2D eigenvalue weighted by Gasteiger charge is 2.31. The lowest BCUT2D eigenvalue weighted by atomic mass is 9.79. The van der Waals surface area contributed by atoms with Gasteiger partial charge in [-0.05, 0) is 48.9 Å². The number of ketones is 2. The van der Waals surface area contributed by atoms with E-state index in [2.05, 4.69) is 0 Å². The van der Waals surface area contributed by atoms with Gasteiger partial charge in [0.25, 0.3) is 0 Å². The monoisotopic (exact) mass is 350 g/mol. The highest BCUT2D eigenvalue weighted by atomic mass is 16.5. The smallest absolute Gasteiger partial charge is 0.163 e. The summed E-state index contributed by atoms with van der Waals surface area (Å²) in [6.45, 7) is 0. The summed E-state index contributed by atoms with van der Waals surface area (Å²) >= 11 is 0. The molecule has 0 aromatic heterocycles. The third-order valence-electron chi connectivity index (χ3n) is 5.45. The molecule has 0 radical (unpaired) electrons.